The predicted octanol–water partition coefficient (Wildman–Crippen LogP) is 4.93. The van der Waals surface area contributed by atoms with E-state index in [0.29, 0.717) is 6.61 Å². The van der Waals surface area contributed by atoms with Gasteiger partial charge in [-0.05, 0) is 60.4 Å². The van der Waals surface area contributed by atoms with Crippen LogP contribution in [0.2, 0.25) is 11.3 Å². The van der Waals surface area contributed by atoms with Gasteiger partial charge in [-0.2, -0.15) is 0 Å². The highest BCUT2D eigenvalue weighted by Crippen LogP contribution is 2.45. The molecule has 2 aromatic carbocycles. The SMILES string of the molecule is CC1(C)CB(c2ccc3c(c2)OCc2cc(Cl)ccc2-3)OC1(C)C. The molecule has 2 nitrogen and oxygen atoms in total. The number of benzene rings is 2. The summed E-state index contributed by atoms with van der Waals surface area (Å²) in [6.07, 6.45) is 1.02. The van der Waals surface area contributed by atoms with Gasteiger partial charge in [0.25, 0.3) is 0 Å². The molecule has 2 aromatic rings. The molecule has 1 fully saturated rings. The predicted molar refractivity (Wildman–Crippen MR) is 100 cm³/mol. The number of fused-ring (bicyclic) bond motifs is 3. The summed E-state index contributed by atoms with van der Waals surface area (Å²) in [6, 6.07) is 12.5. The number of hydrogen-bond donors (Lipinski definition) is 0. The highest BCUT2D eigenvalue weighted by Gasteiger charge is 2.49. The molecule has 0 unspecified atom stereocenters. The van der Waals surface area contributed by atoms with Crippen molar-refractivity contribution in [2.75, 3.05) is 0 Å². The van der Waals surface area contributed by atoms with Crippen molar-refractivity contribution in [2.45, 2.75) is 46.2 Å². The minimum atomic E-state index is -0.127. The molecule has 2 aliphatic rings. The largest absolute Gasteiger partial charge is 0.488 e. The molecule has 4 heteroatoms. The maximum atomic E-state index is 6.35. The summed E-state index contributed by atoms with van der Waals surface area (Å²) < 4.78 is 12.3. The fourth-order valence-electron chi connectivity index (χ4n) is 3.63. The number of halogens is 1. The zero-order chi connectivity index (χ0) is 17.1. The van der Waals surface area contributed by atoms with Crippen molar-refractivity contribution in [1.29, 1.82) is 0 Å². The molecule has 0 radical (unpaired) electrons. The molecule has 1 saturated heterocycles. The average molecular weight is 341 g/mol. The van der Waals surface area contributed by atoms with E-state index in [4.69, 9.17) is 21.0 Å². The minimum absolute atomic E-state index is 0.121. The molecule has 0 atom stereocenters. The van der Waals surface area contributed by atoms with E-state index < -0.39 is 0 Å². The number of hydrogen-bond acceptors (Lipinski definition) is 2. The van der Waals surface area contributed by atoms with Crippen LogP contribution in [0.4, 0.5) is 0 Å². The molecule has 0 spiro atoms. The van der Waals surface area contributed by atoms with E-state index in [-0.39, 0.29) is 17.9 Å². The Bertz CT molecular complexity index is 797. The molecule has 0 bridgehead atoms. The maximum Gasteiger partial charge on any atom is 0.328 e. The molecule has 0 aromatic heterocycles. The van der Waals surface area contributed by atoms with Gasteiger partial charge < -0.3 is 9.39 Å². The topological polar surface area (TPSA) is 18.5 Å². The molecule has 2 heterocycles. The fourth-order valence-corrected chi connectivity index (χ4v) is 3.83. The molecule has 2 aliphatic heterocycles. The third-order valence-electron chi connectivity index (χ3n) is 5.88. The first-order valence-electron chi connectivity index (χ1n) is 8.50. The Hall–Kier alpha value is -1.45. The standard InChI is InChI=1S/C20H22BClO2/c1-19(2)12-21(24-20(19,3)4)14-5-7-17-16-8-6-15(22)9-13(16)11-23-18(17)10-14/h5-10H,11-12H2,1-4H3. The normalized spacial score (nSPS) is 20.3. The molecule has 0 amide bonds. The molecule has 0 saturated carbocycles. The second-order valence-electron chi connectivity index (χ2n) is 8.05. The third-order valence-corrected chi connectivity index (χ3v) is 6.12. The molecular formula is C20H22BClO2. The van der Waals surface area contributed by atoms with E-state index in [1.807, 2.05) is 12.1 Å². The van der Waals surface area contributed by atoms with E-state index in [1.165, 1.54) is 11.0 Å². The van der Waals surface area contributed by atoms with Crippen LogP contribution in [0.5, 0.6) is 5.75 Å². The Morgan fingerprint density at radius 1 is 1.00 bits per heavy atom. The molecule has 24 heavy (non-hydrogen) atoms. The molecule has 0 aliphatic carbocycles. The third kappa shape index (κ3) is 2.46. The van der Waals surface area contributed by atoms with Crippen LogP contribution in [-0.2, 0) is 11.3 Å². The van der Waals surface area contributed by atoms with Gasteiger partial charge >= 0.3 is 6.92 Å². The van der Waals surface area contributed by atoms with Crippen LogP contribution in [0, 0.1) is 5.41 Å². The van der Waals surface area contributed by atoms with Crippen molar-refractivity contribution < 1.29 is 9.39 Å². The Balaban J connectivity index is 1.70. The Kier molecular flexibility index (Phi) is 3.53. The molecular weight excluding hydrogens is 318 g/mol. The van der Waals surface area contributed by atoms with Crippen LogP contribution in [0.25, 0.3) is 11.1 Å². The summed E-state index contributed by atoms with van der Waals surface area (Å²) in [4.78, 5) is 0. The van der Waals surface area contributed by atoms with Gasteiger partial charge in [0.1, 0.15) is 12.4 Å². The van der Waals surface area contributed by atoms with Crippen molar-refractivity contribution in [2.24, 2.45) is 5.41 Å². The first-order chi connectivity index (χ1) is 11.3. The Morgan fingerprint density at radius 3 is 2.46 bits per heavy atom. The number of ether oxygens (including phenoxy) is 1. The molecule has 124 valence electrons. The lowest BCUT2D eigenvalue weighted by Gasteiger charge is -2.34. The zero-order valence-corrected chi connectivity index (χ0v) is 15.4. The second kappa shape index (κ2) is 5.27. The average Bonchev–Trinajstić information content (AvgIpc) is 2.74. The van der Waals surface area contributed by atoms with E-state index in [0.717, 1.165) is 28.2 Å². The number of rotatable bonds is 1. The molecule has 4 rings (SSSR count). The van der Waals surface area contributed by atoms with Gasteiger partial charge in [0.15, 0.2) is 0 Å². The Morgan fingerprint density at radius 2 is 1.75 bits per heavy atom. The van der Waals surface area contributed by atoms with Gasteiger partial charge in [-0.15, -0.1) is 0 Å². The highest BCUT2D eigenvalue weighted by molar-refractivity contribution is 6.68. The maximum absolute atomic E-state index is 6.35. The van der Waals surface area contributed by atoms with Gasteiger partial charge in [0, 0.05) is 10.6 Å². The van der Waals surface area contributed by atoms with Crippen molar-refractivity contribution in [3.8, 4) is 16.9 Å². The van der Waals surface area contributed by atoms with Crippen LogP contribution >= 0.6 is 11.6 Å². The van der Waals surface area contributed by atoms with Crippen molar-refractivity contribution in [3.05, 3.63) is 47.0 Å². The second-order valence-corrected chi connectivity index (χ2v) is 8.49. The zero-order valence-electron chi connectivity index (χ0n) is 14.7. The summed E-state index contributed by atoms with van der Waals surface area (Å²) in [6.45, 7) is 9.61. The van der Waals surface area contributed by atoms with Crippen molar-refractivity contribution in [1.82, 2.24) is 0 Å². The summed E-state index contributed by atoms with van der Waals surface area (Å²) >= 11 is 6.10. The van der Waals surface area contributed by atoms with E-state index in [2.05, 4.69) is 52.0 Å². The lowest BCUT2D eigenvalue weighted by Crippen LogP contribution is -2.36. The van der Waals surface area contributed by atoms with Crippen LogP contribution in [-0.4, -0.2) is 12.5 Å². The quantitative estimate of drug-likeness (QED) is 0.685. The fraction of sp³-hybridized carbons (Fsp3) is 0.400. The van der Waals surface area contributed by atoms with E-state index >= 15 is 0 Å². The summed E-state index contributed by atoms with van der Waals surface area (Å²) in [7, 11) is 0. The molecule has 0 N–H and O–H groups in total. The lowest BCUT2D eigenvalue weighted by molar-refractivity contribution is 0.0375. The smallest absolute Gasteiger partial charge is 0.328 e. The van der Waals surface area contributed by atoms with Crippen molar-refractivity contribution >= 4 is 24.0 Å². The van der Waals surface area contributed by atoms with E-state index in [9.17, 15) is 0 Å². The van der Waals surface area contributed by atoms with Gasteiger partial charge in [0.2, 0.25) is 0 Å². The van der Waals surface area contributed by atoms with E-state index in [1.54, 1.807) is 0 Å². The van der Waals surface area contributed by atoms with Crippen LogP contribution in [0.15, 0.2) is 36.4 Å². The van der Waals surface area contributed by atoms with Gasteiger partial charge in [-0.3, -0.25) is 0 Å². The van der Waals surface area contributed by atoms with Crippen LogP contribution < -0.4 is 10.2 Å². The van der Waals surface area contributed by atoms with Gasteiger partial charge in [-0.1, -0.05) is 43.6 Å². The summed E-state index contributed by atoms with van der Waals surface area (Å²) in [5, 5.41) is 0.751. The first-order valence-corrected chi connectivity index (χ1v) is 8.88. The van der Waals surface area contributed by atoms with Crippen molar-refractivity contribution in [3.63, 3.8) is 0 Å². The van der Waals surface area contributed by atoms with Crippen LogP contribution in [0.3, 0.4) is 0 Å². The summed E-state index contributed by atoms with van der Waals surface area (Å²) in [5.74, 6) is 0.938. The summed E-state index contributed by atoms with van der Waals surface area (Å²) in [5.41, 5.74) is 4.70. The first kappa shape index (κ1) is 16.0. The van der Waals surface area contributed by atoms with Crippen LogP contribution in [0.1, 0.15) is 33.3 Å². The Labute approximate surface area is 149 Å². The monoisotopic (exact) mass is 340 g/mol. The van der Waals surface area contributed by atoms with Gasteiger partial charge in [-0.25, -0.2) is 0 Å². The highest BCUT2D eigenvalue weighted by atomic mass is 35.5. The minimum Gasteiger partial charge on any atom is -0.488 e. The lowest BCUT2D eigenvalue weighted by atomic mass is 9.54. The van der Waals surface area contributed by atoms with Gasteiger partial charge in [0.05, 0.1) is 5.60 Å².